The number of likely N-dealkylation sites (tertiary alicyclic amines) is 1. The van der Waals surface area contributed by atoms with Gasteiger partial charge < -0.3 is 10.6 Å². The summed E-state index contributed by atoms with van der Waals surface area (Å²) in [5.41, 5.74) is 1.07. The summed E-state index contributed by atoms with van der Waals surface area (Å²) < 4.78 is 0. The second kappa shape index (κ2) is 7.95. The Morgan fingerprint density at radius 1 is 1.24 bits per heavy atom. The molecule has 3 rings (SSSR count). The van der Waals surface area contributed by atoms with E-state index in [9.17, 15) is 9.59 Å². The maximum atomic E-state index is 12.4. The molecule has 0 aromatic carbocycles. The predicted octanol–water partition coefficient (Wildman–Crippen LogP) is 1.96. The fourth-order valence-electron chi connectivity index (χ4n) is 3.34. The number of hydrogen-bond acceptors (Lipinski definition) is 4. The van der Waals surface area contributed by atoms with Gasteiger partial charge in [-0.2, -0.15) is 0 Å². The number of nitrogens with zero attached hydrogens (tertiary/aromatic N) is 2. The highest BCUT2D eigenvalue weighted by Gasteiger charge is 2.30. The molecule has 2 heterocycles. The van der Waals surface area contributed by atoms with Crippen molar-refractivity contribution < 1.29 is 9.59 Å². The molecule has 0 bridgehead atoms. The van der Waals surface area contributed by atoms with E-state index in [2.05, 4.69) is 27.4 Å². The Balaban J connectivity index is 1.39. The maximum absolute atomic E-state index is 12.4. The predicted molar refractivity (Wildman–Crippen MR) is 97.1 cm³/mol. The Morgan fingerprint density at radius 2 is 1.96 bits per heavy atom. The topological polar surface area (TPSA) is 74.3 Å². The minimum absolute atomic E-state index is 0.00666. The number of anilines is 1. The van der Waals surface area contributed by atoms with Gasteiger partial charge in [-0.05, 0) is 70.2 Å². The number of hydrogen-bond donors (Lipinski definition) is 2. The third kappa shape index (κ3) is 5.26. The fraction of sp³-hybridized carbons (Fsp3) is 0.632. The quantitative estimate of drug-likeness (QED) is 0.827. The molecule has 6 heteroatoms. The SMILES string of the molecule is Cc1ccc(NC(=O)C2CCN(CC(=O)N[C@@H](C)C3CC3)CC2)nc1. The summed E-state index contributed by atoms with van der Waals surface area (Å²) >= 11 is 0. The molecule has 0 unspecified atom stereocenters. The van der Waals surface area contributed by atoms with Gasteiger partial charge in [0, 0.05) is 18.2 Å². The average molecular weight is 344 g/mol. The van der Waals surface area contributed by atoms with Crippen molar-refractivity contribution in [1.82, 2.24) is 15.2 Å². The lowest BCUT2D eigenvalue weighted by Gasteiger charge is -2.31. The Hall–Kier alpha value is -1.95. The molecule has 0 spiro atoms. The molecule has 1 aromatic rings. The summed E-state index contributed by atoms with van der Waals surface area (Å²) in [5, 5.41) is 5.98. The van der Waals surface area contributed by atoms with Crippen molar-refractivity contribution >= 4 is 17.6 Å². The number of rotatable bonds is 6. The highest BCUT2D eigenvalue weighted by Crippen LogP contribution is 2.32. The van der Waals surface area contributed by atoms with E-state index in [0.717, 1.165) is 31.5 Å². The molecule has 1 aliphatic carbocycles. The largest absolute Gasteiger partial charge is 0.352 e. The van der Waals surface area contributed by atoms with Crippen LogP contribution in [-0.2, 0) is 9.59 Å². The number of aromatic nitrogens is 1. The molecular weight excluding hydrogens is 316 g/mol. The molecule has 1 aromatic heterocycles. The molecule has 2 aliphatic rings. The van der Waals surface area contributed by atoms with Crippen LogP contribution >= 0.6 is 0 Å². The number of aryl methyl sites for hydroxylation is 1. The van der Waals surface area contributed by atoms with Gasteiger partial charge in [0.15, 0.2) is 0 Å². The Labute approximate surface area is 149 Å². The van der Waals surface area contributed by atoms with Crippen LogP contribution in [0.4, 0.5) is 5.82 Å². The first kappa shape index (κ1) is 17.9. The summed E-state index contributed by atoms with van der Waals surface area (Å²) in [5.74, 6) is 1.40. The zero-order chi connectivity index (χ0) is 17.8. The van der Waals surface area contributed by atoms with Gasteiger partial charge >= 0.3 is 0 Å². The van der Waals surface area contributed by atoms with Gasteiger partial charge in [0.1, 0.15) is 5.82 Å². The molecule has 1 saturated heterocycles. The van der Waals surface area contributed by atoms with E-state index in [4.69, 9.17) is 0 Å². The molecule has 1 saturated carbocycles. The summed E-state index contributed by atoms with van der Waals surface area (Å²) in [6, 6.07) is 4.05. The van der Waals surface area contributed by atoms with Crippen molar-refractivity contribution in [1.29, 1.82) is 0 Å². The molecule has 25 heavy (non-hydrogen) atoms. The Kier molecular flexibility index (Phi) is 5.68. The van der Waals surface area contributed by atoms with Gasteiger partial charge in [0.2, 0.25) is 11.8 Å². The van der Waals surface area contributed by atoms with Crippen molar-refractivity contribution in [3.8, 4) is 0 Å². The van der Waals surface area contributed by atoms with Crippen LogP contribution in [0.5, 0.6) is 0 Å². The van der Waals surface area contributed by atoms with Crippen LogP contribution in [0.2, 0.25) is 0 Å². The number of piperidine rings is 1. The molecule has 6 nitrogen and oxygen atoms in total. The average Bonchev–Trinajstić information content (AvgIpc) is 3.42. The number of nitrogens with one attached hydrogen (secondary N) is 2. The van der Waals surface area contributed by atoms with Crippen LogP contribution in [0.3, 0.4) is 0 Å². The lowest BCUT2D eigenvalue weighted by molar-refractivity contribution is -0.124. The molecule has 1 atom stereocenters. The lowest BCUT2D eigenvalue weighted by Crippen LogP contribution is -2.45. The summed E-state index contributed by atoms with van der Waals surface area (Å²) in [6.45, 7) is 6.06. The zero-order valence-electron chi connectivity index (χ0n) is 15.1. The van der Waals surface area contributed by atoms with E-state index in [0.29, 0.717) is 18.3 Å². The van der Waals surface area contributed by atoms with Gasteiger partial charge in [-0.15, -0.1) is 0 Å². The molecule has 0 radical (unpaired) electrons. The van der Waals surface area contributed by atoms with Crippen molar-refractivity contribution in [2.24, 2.45) is 11.8 Å². The van der Waals surface area contributed by atoms with Crippen LogP contribution in [0, 0.1) is 18.8 Å². The van der Waals surface area contributed by atoms with Gasteiger partial charge in [-0.3, -0.25) is 14.5 Å². The first-order valence-electron chi connectivity index (χ1n) is 9.26. The monoisotopic (exact) mass is 344 g/mol. The standard InChI is InChI=1S/C19H28N4O2/c1-13-3-6-17(20-11-13)22-19(25)16-7-9-23(10-8-16)12-18(24)21-14(2)15-4-5-15/h3,6,11,14-16H,4-5,7-10,12H2,1-2H3,(H,21,24)(H,20,22,25)/t14-/m0/s1. The van der Waals surface area contributed by atoms with E-state index in [-0.39, 0.29) is 23.8 Å². The summed E-state index contributed by atoms with van der Waals surface area (Å²) in [7, 11) is 0. The van der Waals surface area contributed by atoms with Crippen LogP contribution in [0.1, 0.15) is 38.2 Å². The van der Waals surface area contributed by atoms with E-state index in [1.165, 1.54) is 12.8 Å². The number of amides is 2. The van der Waals surface area contributed by atoms with Gasteiger partial charge in [-0.1, -0.05) is 6.07 Å². The highest BCUT2D eigenvalue weighted by atomic mass is 16.2. The van der Waals surface area contributed by atoms with Crippen molar-refractivity contribution in [3.63, 3.8) is 0 Å². The van der Waals surface area contributed by atoms with Gasteiger partial charge in [-0.25, -0.2) is 4.98 Å². The fourth-order valence-corrected chi connectivity index (χ4v) is 3.34. The van der Waals surface area contributed by atoms with E-state index < -0.39 is 0 Å². The molecule has 2 N–H and O–H groups in total. The van der Waals surface area contributed by atoms with E-state index in [1.54, 1.807) is 6.20 Å². The van der Waals surface area contributed by atoms with Crippen molar-refractivity contribution in [3.05, 3.63) is 23.9 Å². The molecule has 136 valence electrons. The number of carbonyl (C=O) groups is 2. The summed E-state index contributed by atoms with van der Waals surface area (Å²) in [4.78, 5) is 30.8. The first-order chi connectivity index (χ1) is 12.0. The highest BCUT2D eigenvalue weighted by molar-refractivity contribution is 5.91. The maximum Gasteiger partial charge on any atom is 0.234 e. The van der Waals surface area contributed by atoms with Gasteiger partial charge in [0.25, 0.3) is 0 Å². The molecular formula is C19H28N4O2. The zero-order valence-corrected chi connectivity index (χ0v) is 15.1. The smallest absolute Gasteiger partial charge is 0.234 e. The van der Waals surface area contributed by atoms with Crippen LogP contribution in [-0.4, -0.2) is 47.4 Å². The second-order valence-corrected chi connectivity index (χ2v) is 7.45. The van der Waals surface area contributed by atoms with Crippen LogP contribution < -0.4 is 10.6 Å². The second-order valence-electron chi connectivity index (χ2n) is 7.45. The minimum atomic E-state index is -0.00666. The Morgan fingerprint density at radius 3 is 2.56 bits per heavy atom. The van der Waals surface area contributed by atoms with E-state index in [1.807, 2.05) is 19.1 Å². The van der Waals surface area contributed by atoms with Crippen LogP contribution in [0.25, 0.3) is 0 Å². The van der Waals surface area contributed by atoms with Crippen molar-refractivity contribution in [2.45, 2.75) is 45.6 Å². The molecule has 2 fully saturated rings. The molecule has 1 aliphatic heterocycles. The number of pyridine rings is 1. The van der Waals surface area contributed by atoms with Gasteiger partial charge in [0.05, 0.1) is 6.54 Å². The normalized spacial score (nSPS) is 20.1. The minimum Gasteiger partial charge on any atom is -0.352 e. The first-order valence-corrected chi connectivity index (χ1v) is 9.26. The third-order valence-corrected chi connectivity index (χ3v) is 5.21. The van der Waals surface area contributed by atoms with E-state index >= 15 is 0 Å². The Bertz CT molecular complexity index is 604. The van der Waals surface area contributed by atoms with Crippen LogP contribution in [0.15, 0.2) is 18.3 Å². The van der Waals surface area contributed by atoms with Crippen molar-refractivity contribution in [2.75, 3.05) is 25.0 Å². The lowest BCUT2D eigenvalue weighted by atomic mass is 9.96. The third-order valence-electron chi connectivity index (χ3n) is 5.21. The molecule has 2 amide bonds. The summed E-state index contributed by atoms with van der Waals surface area (Å²) in [6.07, 6.45) is 5.78. The number of carbonyl (C=O) groups excluding carboxylic acids is 2.